The molecule has 0 saturated heterocycles. The van der Waals surface area contributed by atoms with E-state index >= 15 is 0 Å². The van der Waals surface area contributed by atoms with Crippen molar-refractivity contribution in [1.82, 2.24) is 5.32 Å². The summed E-state index contributed by atoms with van der Waals surface area (Å²) in [4.78, 5) is 22.1. The molecule has 3 N–H and O–H groups in total. The molecule has 0 atom stereocenters. The standard InChI is InChI=1S/C15H16ClN3O3/c1-10-4-5-12(16)7-13(10)19-9-11(8-17)15(22)18-6-2-3-14(20)21/h4-5,7,9,19H,2-3,6H2,1H3,(H,18,22)(H,20,21)/b11-9-. The van der Waals surface area contributed by atoms with Crippen molar-refractivity contribution in [2.24, 2.45) is 0 Å². The number of carbonyl (C=O) groups is 2. The lowest BCUT2D eigenvalue weighted by molar-refractivity contribution is -0.137. The van der Waals surface area contributed by atoms with Crippen LogP contribution in [0.15, 0.2) is 30.0 Å². The zero-order chi connectivity index (χ0) is 16.5. The van der Waals surface area contributed by atoms with Gasteiger partial charge in [0, 0.05) is 29.9 Å². The number of hydrogen-bond acceptors (Lipinski definition) is 4. The van der Waals surface area contributed by atoms with E-state index in [1.807, 2.05) is 13.0 Å². The second kappa shape index (κ2) is 8.70. The molecule has 0 spiro atoms. The van der Waals surface area contributed by atoms with Crippen LogP contribution in [-0.4, -0.2) is 23.5 Å². The molecular formula is C15H16ClN3O3. The van der Waals surface area contributed by atoms with E-state index in [-0.39, 0.29) is 18.5 Å². The number of carboxylic acid groups (broad SMARTS) is 1. The summed E-state index contributed by atoms with van der Waals surface area (Å²) in [5, 5.41) is 23.4. The Morgan fingerprint density at radius 2 is 2.18 bits per heavy atom. The number of benzene rings is 1. The summed E-state index contributed by atoms with van der Waals surface area (Å²) in [5.74, 6) is -1.48. The maximum atomic E-state index is 11.8. The molecule has 22 heavy (non-hydrogen) atoms. The van der Waals surface area contributed by atoms with Crippen LogP contribution < -0.4 is 10.6 Å². The van der Waals surface area contributed by atoms with E-state index in [1.165, 1.54) is 6.20 Å². The van der Waals surface area contributed by atoms with Gasteiger partial charge in [0.05, 0.1) is 0 Å². The van der Waals surface area contributed by atoms with E-state index in [4.69, 9.17) is 22.0 Å². The Labute approximate surface area is 133 Å². The van der Waals surface area contributed by atoms with Crippen molar-refractivity contribution in [2.75, 3.05) is 11.9 Å². The summed E-state index contributed by atoms with van der Waals surface area (Å²) < 4.78 is 0. The molecule has 0 aliphatic carbocycles. The number of amides is 1. The number of nitrogens with one attached hydrogen (secondary N) is 2. The molecule has 0 fully saturated rings. The van der Waals surface area contributed by atoms with Crippen molar-refractivity contribution in [3.05, 3.63) is 40.6 Å². The highest BCUT2D eigenvalue weighted by molar-refractivity contribution is 6.30. The molecule has 7 heteroatoms. The third-order valence-electron chi connectivity index (χ3n) is 2.79. The van der Waals surface area contributed by atoms with Gasteiger partial charge >= 0.3 is 5.97 Å². The lowest BCUT2D eigenvalue weighted by Gasteiger charge is -2.07. The molecule has 0 aromatic heterocycles. The highest BCUT2D eigenvalue weighted by Crippen LogP contribution is 2.20. The zero-order valence-electron chi connectivity index (χ0n) is 12.0. The molecule has 0 aliphatic rings. The van der Waals surface area contributed by atoms with Gasteiger partial charge in [0.1, 0.15) is 11.6 Å². The Kier molecular flexibility index (Phi) is 6.93. The molecule has 1 aromatic carbocycles. The quantitative estimate of drug-likeness (QED) is 0.406. The monoisotopic (exact) mass is 321 g/mol. The van der Waals surface area contributed by atoms with Crippen molar-refractivity contribution in [2.45, 2.75) is 19.8 Å². The Morgan fingerprint density at radius 1 is 1.45 bits per heavy atom. The third-order valence-corrected chi connectivity index (χ3v) is 3.02. The third kappa shape index (κ3) is 5.85. The molecule has 0 radical (unpaired) electrons. The first kappa shape index (κ1) is 17.5. The fourth-order valence-corrected chi connectivity index (χ4v) is 1.76. The predicted molar refractivity (Wildman–Crippen MR) is 83.4 cm³/mol. The second-order valence-electron chi connectivity index (χ2n) is 4.53. The molecule has 1 aromatic rings. The maximum Gasteiger partial charge on any atom is 0.303 e. The van der Waals surface area contributed by atoms with Crippen LogP contribution in [-0.2, 0) is 9.59 Å². The van der Waals surface area contributed by atoms with E-state index in [0.717, 1.165) is 5.56 Å². The number of carboxylic acids is 1. The molecule has 1 rings (SSSR count). The van der Waals surface area contributed by atoms with E-state index in [0.29, 0.717) is 17.1 Å². The number of hydrogen-bond donors (Lipinski definition) is 3. The van der Waals surface area contributed by atoms with Crippen LogP contribution in [0.5, 0.6) is 0 Å². The molecule has 0 saturated carbocycles. The molecule has 6 nitrogen and oxygen atoms in total. The molecular weight excluding hydrogens is 306 g/mol. The normalized spacial score (nSPS) is 10.7. The van der Waals surface area contributed by atoms with Crippen LogP contribution in [0.3, 0.4) is 0 Å². The number of carbonyl (C=O) groups excluding carboxylic acids is 1. The van der Waals surface area contributed by atoms with Crippen LogP contribution in [0, 0.1) is 18.3 Å². The molecule has 1 amide bonds. The number of rotatable bonds is 7. The van der Waals surface area contributed by atoms with Crippen LogP contribution in [0.25, 0.3) is 0 Å². The number of halogens is 1. The van der Waals surface area contributed by atoms with Gasteiger partial charge in [-0.25, -0.2) is 0 Å². The van der Waals surface area contributed by atoms with Gasteiger partial charge in [0.15, 0.2) is 0 Å². The molecule has 0 unspecified atom stereocenters. The van der Waals surface area contributed by atoms with E-state index < -0.39 is 11.9 Å². The summed E-state index contributed by atoms with van der Waals surface area (Å²) in [5.41, 5.74) is 1.51. The zero-order valence-corrected chi connectivity index (χ0v) is 12.8. The summed E-state index contributed by atoms with van der Waals surface area (Å²) in [6.07, 6.45) is 1.57. The summed E-state index contributed by atoms with van der Waals surface area (Å²) in [6, 6.07) is 7.04. The van der Waals surface area contributed by atoms with Crippen molar-refractivity contribution in [1.29, 1.82) is 5.26 Å². The van der Waals surface area contributed by atoms with E-state index in [2.05, 4.69) is 10.6 Å². The smallest absolute Gasteiger partial charge is 0.303 e. The average Bonchev–Trinajstić information content (AvgIpc) is 2.47. The minimum absolute atomic E-state index is 0.0359. The fraction of sp³-hybridized carbons (Fsp3) is 0.267. The first-order valence-corrected chi connectivity index (χ1v) is 6.94. The van der Waals surface area contributed by atoms with Crippen molar-refractivity contribution < 1.29 is 14.7 Å². The van der Waals surface area contributed by atoms with Crippen LogP contribution in [0.1, 0.15) is 18.4 Å². The highest BCUT2D eigenvalue weighted by atomic mass is 35.5. The molecule has 0 aliphatic heterocycles. The number of anilines is 1. The highest BCUT2D eigenvalue weighted by Gasteiger charge is 2.08. The number of nitriles is 1. The van der Waals surface area contributed by atoms with Crippen LogP contribution in [0.2, 0.25) is 5.02 Å². The van der Waals surface area contributed by atoms with E-state index in [1.54, 1.807) is 18.2 Å². The number of aryl methyl sites for hydroxylation is 1. The van der Waals surface area contributed by atoms with Crippen molar-refractivity contribution in [3.63, 3.8) is 0 Å². The SMILES string of the molecule is Cc1ccc(Cl)cc1N/C=C(/C#N)C(=O)NCCCC(=O)O. The van der Waals surface area contributed by atoms with Gasteiger partial charge in [0.2, 0.25) is 0 Å². The number of nitrogens with zero attached hydrogens (tertiary/aromatic N) is 1. The Morgan fingerprint density at radius 3 is 2.82 bits per heavy atom. The van der Waals surface area contributed by atoms with Gasteiger partial charge < -0.3 is 15.7 Å². The van der Waals surface area contributed by atoms with Gasteiger partial charge in [0.25, 0.3) is 5.91 Å². The minimum Gasteiger partial charge on any atom is -0.481 e. The molecule has 0 heterocycles. The fourth-order valence-electron chi connectivity index (χ4n) is 1.58. The lowest BCUT2D eigenvalue weighted by atomic mass is 10.2. The Bertz CT molecular complexity index is 635. The van der Waals surface area contributed by atoms with Crippen molar-refractivity contribution >= 4 is 29.2 Å². The lowest BCUT2D eigenvalue weighted by Crippen LogP contribution is -2.26. The van der Waals surface area contributed by atoms with Gasteiger partial charge in [-0.05, 0) is 31.0 Å². The van der Waals surface area contributed by atoms with Gasteiger partial charge in [-0.1, -0.05) is 17.7 Å². The Hall–Kier alpha value is -2.52. The van der Waals surface area contributed by atoms with Crippen LogP contribution in [0.4, 0.5) is 5.69 Å². The molecule has 116 valence electrons. The van der Waals surface area contributed by atoms with Gasteiger partial charge in [-0.2, -0.15) is 5.26 Å². The minimum atomic E-state index is -0.927. The topological polar surface area (TPSA) is 102 Å². The second-order valence-corrected chi connectivity index (χ2v) is 4.96. The van der Waals surface area contributed by atoms with Gasteiger partial charge in [-0.3, -0.25) is 9.59 Å². The molecule has 0 bridgehead atoms. The van der Waals surface area contributed by atoms with Crippen molar-refractivity contribution in [3.8, 4) is 6.07 Å². The maximum absolute atomic E-state index is 11.8. The summed E-state index contributed by atoms with van der Waals surface area (Å²) in [6.45, 7) is 2.06. The Balaban J connectivity index is 2.62. The first-order chi connectivity index (χ1) is 10.4. The average molecular weight is 322 g/mol. The summed E-state index contributed by atoms with van der Waals surface area (Å²) >= 11 is 5.89. The van der Waals surface area contributed by atoms with E-state index in [9.17, 15) is 9.59 Å². The summed E-state index contributed by atoms with van der Waals surface area (Å²) in [7, 11) is 0. The first-order valence-electron chi connectivity index (χ1n) is 6.57. The number of aliphatic carboxylic acids is 1. The predicted octanol–water partition coefficient (Wildman–Crippen LogP) is 2.45. The largest absolute Gasteiger partial charge is 0.481 e. The van der Waals surface area contributed by atoms with Gasteiger partial charge in [-0.15, -0.1) is 0 Å². The van der Waals surface area contributed by atoms with Crippen LogP contribution >= 0.6 is 11.6 Å².